The smallest absolute Gasteiger partial charge is 0.235 e. The Morgan fingerprint density at radius 1 is 1.40 bits per heavy atom. The fraction of sp³-hybridized carbons (Fsp3) is 0.867. The van der Waals surface area contributed by atoms with E-state index >= 15 is 0 Å². The standard InChI is InChI=1S/C15H26N4O/c1-3-19(13-6-8-17-9-7-13)10-14(20)18-15(2,11-16)12-4-5-12/h12-13,17H,3-10H2,1-2H3,(H,18,20). The molecule has 1 heterocycles. The summed E-state index contributed by atoms with van der Waals surface area (Å²) in [5.41, 5.74) is -0.676. The summed E-state index contributed by atoms with van der Waals surface area (Å²) < 4.78 is 0. The van der Waals surface area contributed by atoms with Crippen LogP contribution in [0.15, 0.2) is 0 Å². The molecule has 1 atom stereocenters. The Morgan fingerprint density at radius 2 is 2.05 bits per heavy atom. The van der Waals surface area contributed by atoms with Gasteiger partial charge in [0.25, 0.3) is 0 Å². The Morgan fingerprint density at radius 3 is 2.55 bits per heavy atom. The summed E-state index contributed by atoms with van der Waals surface area (Å²) in [5.74, 6) is 0.326. The van der Waals surface area contributed by atoms with Crippen LogP contribution < -0.4 is 10.6 Å². The van der Waals surface area contributed by atoms with Gasteiger partial charge in [-0.05, 0) is 58.2 Å². The minimum Gasteiger partial charge on any atom is -0.337 e. The molecule has 5 heteroatoms. The van der Waals surface area contributed by atoms with Gasteiger partial charge in [0.2, 0.25) is 5.91 Å². The average molecular weight is 278 g/mol. The van der Waals surface area contributed by atoms with E-state index in [1.54, 1.807) is 0 Å². The molecule has 0 aromatic heterocycles. The highest BCUT2D eigenvalue weighted by molar-refractivity contribution is 5.79. The molecule has 1 unspecified atom stereocenters. The molecular formula is C15H26N4O. The van der Waals surface area contributed by atoms with E-state index < -0.39 is 5.54 Å². The molecule has 2 fully saturated rings. The Bertz CT molecular complexity index is 382. The van der Waals surface area contributed by atoms with Crippen molar-refractivity contribution in [3.63, 3.8) is 0 Å². The average Bonchev–Trinajstić information content (AvgIpc) is 3.30. The maximum atomic E-state index is 12.2. The van der Waals surface area contributed by atoms with Crippen molar-refractivity contribution in [2.24, 2.45) is 5.92 Å². The molecule has 1 saturated heterocycles. The first-order valence-electron chi connectivity index (χ1n) is 7.76. The van der Waals surface area contributed by atoms with Gasteiger partial charge >= 0.3 is 0 Å². The van der Waals surface area contributed by atoms with Gasteiger partial charge in [0.1, 0.15) is 5.54 Å². The quantitative estimate of drug-likeness (QED) is 0.756. The molecule has 1 aliphatic carbocycles. The first-order chi connectivity index (χ1) is 9.59. The van der Waals surface area contributed by atoms with E-state index in [9.17, 15) is 10.1 Å². The van der Waals surface area contributed by atoms with Gasteiger partial charge in [-0.3, -0.25) is 9.69 Å². The zero-order valence-electron chi connectivity index (χ0n) is 12.6. The zero-order chi connectivity index (χ0) is 14.6. The number of hydrogen-bond acceptors (Lipinski definition) is 4. The molecule has 5 nitrogen and oxygen atoms in total. The second-order valence-corrected chi connectivity index (χ2v) is 6.18. The van der Waals surface area contributed by atoms with Gasteiger partial charge in [-0.15, -0.1) is 0 Å². The molecule has 20 heavy (non-hydrogen) atoms. The molecule has 1 aliphatic heterocycles. The van der Waals surface area contributed by atoms with E-state index in [0.29, 0.717) is 18.5 Å². The minimum atomic E-state index is -0.676. The number of amides is 1. The molecule has 1 saturated carbocycles. The van der Waals surface area contributed by atoms with Crippen molar-refractivity contribution >= 4 is 5.91 Å². The molecule has 2 N–H and O–H groups in total. The highest BCUT2D eigenvalue weighted by atomic mass is 16.2. The summed E-state index contributed by atoms with van der Waals surface area (Å²) in [6.45, 7) is 7.29. The van der Waals surface area contributed by atoms with Gasteiger partial charge in [0.15, 0.2) is 0 Å². The first-order valence-corrected chi connectivity index (χ1v) is 7.76. The Balaban J connectivity index is 1.87. The van der Waals surface area contributed by atoms with Gasteiger partial charge in [0.05, 0.1) is 12.6 Å². The van der Waals surface area contributed by atoms with Crippen molar-refractivity contribution in [2.45, 2.75) is 51.1 Å². The van der Waals surface area contributed by atoms with E-state index in [0.717, 1.165) is 45.3 Å². The van der Waals surface area contributed by atoms with Gasteiger partial charge in [-0.2, -0.15) is 5.26 Å². The predicted molar refractivity (Wildman–Crippen MR) is 78.0 cm³/mol. The number of rotatable bonds is 6. The minimum absolute atomic E-state index is 0.0127. The van der Waals surface area contributed by atoms with Crippen LogP contribution in [-0.2, 0) is 4.79 Å². The largest absolute Gasteiger partial charge is 0.337 e. The lowest BCUT2D eigenvalue weighted by Gasteiger charge is -2.34. The van der Waals surface area contributed by atoms with Gasteiger partial charge < -0.3 is 10.6 Å². The number of nitrogens with zero attached hydrogens (tertiary/aromatic N) is 2. The number of carbonyl (C=O) groups is 1. The monoisotopic (exact) mass is 278 g/mol. The van der Waals surface area contributed by atoms with Crippen LogP contribution in [0.4, 0.5) is 0 Å². The van der Waals surface area contributed by atoms with E-state index in [4.69, 9.17) is 0 Å². The van der Waals surface area contributed by atoms with Crippen LogP contribution in [0, 0.1) is 17.2 Å². The van der Waals surface area contributed by atoms with Crippen LogP contribution in [0.5, 0.6) is 0 Å². The van der Waals surface area contributed by atoms with Crippen molar-refractivity contribution in [2.75, 3.05) is 26.2 Å². The molecule has 0 bridgehead atoms. The third kappa shape index (κ3) is 3.71. The summed E-state index contributed by atoms with van der Waals surface area (Å²) in [4.78, 5) is 14.5. The van der Waals surface area contributed by atoms with Crippen LogP contribution in [0.2, 0.25) is 0 Å². The van der Waals surface area contributed by atoms with Crippen LogP contribution in [0.25, 0.3) is 0 Å². The molecular weight excluding hydrogens is 252 g/mol. The van der Waals surface area contributed by atoms with Gasteiger partial charge in [-0.1, -0.05) is 6.92 Å². The van der Waals surface area contributed by atoms with Crippen LogP contribution in [0.1, 0.15) is 39.5 Å². The molecule has 2 rings (SSSR count). The molecule has 0 aromatic rings. The Labute approximate surface area is 121 Å². The highest BCUT2D eigenvalue weighted by Crippen LogP contribution is 2.39. The SMILES string of the molecule is CCN(CC(=O)NC(C)(C#N)C1CC1)C1CCNCC1. The van der Waals surface area contributed by atoms with Gasteiger partial charge in [-0.25, -0.2) is 0 Å². The second kappa shape index (κ2) is 6.55. The lowest BCUT2D eigenvalue weighted by Crippen LogP contribution is -2.52. The predicted octanol–water partition coefficient (Wildman–Crippen LogP) is 0.869. The maximum Gasteiger partial charge on any atom is 0.235 e. The van der Waals surface area contributed by atoms with Crippen LogP contribution >= 0.6 is 0 Å². The number of piperidine rings is 1. The number of nitriles is 1. The summed E-state index contributed by atoms with van der Waals surface area (Å²) in [6, 6.07) is 2.77. The molecule has 112 valence electrons. The van der Waals surface area contributed by atoms with E-state index in [1.807, 2.05) is 6.92 Å². The molecule has 1 amide bonds. The topological polar surface area (TPSA) is 68.2 Å². The van der Waals surface area contributed by atoms with Crippen molar-refractivity contribution in [3.05, 3.63) is 0 Å². The van der Waals surface area contributed by atoms with E-state index in [2.05, 4.69) is 28.5 Å². The maximum absolute atomic E-state index is 12.2. The molecule has 0 spiro atoms. The number of hydrogen-bond donors (Lipinski definition) is 2. The Kier molecular flexibility index (Phi) is 5.00. The number of carbonyl (C=O) groups excluding carboxylic acids is 1. The van der Waals surface area contributed by atoms with Gasteiger partial charge in [0, 0.05) is 6.04 Å². The first kappa shape index (κ1) is 15.3. The van der Waals surface area contributed by atoms with Crippen molar-refractivity contribution in [3.8, 4) is 6.07 Å². The highest BCUT2D eigenvalue weighted by Gasteiger charge is 2.43. The molecule has 2 aliphatic rings. The van der Waals surface area contributed by atoms with Crippen LogP contribution in [-0.4, -0.2) is 48.6 Å². The lowest BCUT2D eigenvalue weighted by molar-refractivity contribution is -0.124. The van der Waals surface area contributed by atoms with Crippen molar-refractivity contribution in [1.29, 1.82) is 5.26 Å². The summed E-state index contributed by atoms with van der Waals surface area (Å²) in [7, 11) is 0. The summed E-state index contributed by atoms with van der Waals surface area (Å²) in [6.07, 6.45) is 4.30. The normalized spacial score (nSPS) is 23.1. The summed E-state index contributed by atoms with van der Waals surface area (Å²) >= 11 is 0. The zero-order valence-corrected chi connectivity index (χ0v) is 12.6. The number of nitrogens with one attached hydrogen (secondary N) is 2. The summed E-state index contributed by atoms with van der Waals surface area (Å²) in [5, 5.41) is 15.6. The third-order valence-electron chi connectivity index (χ3n) is 4.60. The third-order valence-corrected chi connectivity index (χ3v) is 4.60. The molecule has 0 aromatic carbocycles. The van der Waals surface area contributed by atoms with Crippen LogP contribution in [0.3, 0.4) is 0 Å². The van der Waals surface area contributed by atoms with E-state index in [-0.39, 0.29) is 5.91 Å². The van der Waals surface area contributed by atoms with Crippen molar-refractivity contribution in [1.82, 2.24) is 15.5 Å². The van der Waals surface area contributed by atoms with E-state index in [1.165, 1.54) is 0 Å². The lowest BCUT2D eigenvalue weighted by atomic mass is 9.98. The second-order valence-electron chi connectivity index (χ2n) is 6.18. The fourth-order valence-corrected chi connectivity index (χ4v) is 3.07. The Hall–Kier alpha value is -1.12. The number of likely N-dealkylation sites (N-methyl/N-ethyl adjacent to an activating group) is 1. The van der Waals surface area contributed by atoms with Crippen molar-refractivity contribution < 1.29 is 4.79 Å². The molecule has 0 radical (unpaired) electrons. The fourth-order valence-electron chi connectivity index (χ4n) is 3.07.